The van der Waals surface area contributed by atoms with Gasteiger partial charge in [-0.2, -0.15) is 0 Å². The van der Waals surface area contributed by atoms with Crippen molar-refractivity contribution in [3.63, 3.8) is 0 Å². The first-order valence-corrected chi connectivity index (χ1v) is 9.76. The quantitative estimate of drug-likeness (QED) is 0.358. The second kappa shape index (κ2) is 11.3. The van der Waals surface area contributed by atoms with Gasteiger partial charge in [0.15, 0.2) is 0 Å². The maximum Gasteiger partial charge on any atom is 0.0717 e. The van der Waals surface area contributed by atoms with Gasteiger partial charge in [-0.15, -0.1) is 0 Å². The summed E-state index contributed by atoms with van der Waals surface area (Å²) in [5.41, 5.74) is 2.81. The van der Waals surface area contributed by atoms with Gasteiger partial charge in [-0.05, 0) is 74.8 Å². The third kappa shape index (κ3) is 6.65. The molecule has 0 radical (unpaired) electrons. The van der Waals surface area contributed by atoms with Gasteiger partial charge < -0.3 is 4.74 Å². The van der Waals surface area contributed by atoms with Crippen LogP contribution < -0.4 is 0 Å². The van der Waals surface area contributed by atoms with E-state index in [-0.39, 0.29) is 0 Å². The van der Waals surface area contributed by atoms with Crippen LogP contribution in [0.4, 0.5) is 0 Å². The average Bonchev–Trinajstić information content (AvgIpc) is 2.63. The highest BCUT2D eigenvalue weighted by atomic mass is 16.5. The third-order valence-electron chi connectivity index (χ3n) is 5.10. The number of ether oxygens (including phenoxy) is 1. The topological polar surface area (TPSA) is 9.23 Å². The Labute approximate surface area is 148 Å². The summed E-state index contributed by atoms with van der Waals surface area (Å²) in [6.45, 7) is 5.80. The van der Waals surface area contributed by atoms with Crippen LogP contribution in [0.2, 0.25) is 0 Å². The minimum atomic E-state index is 0.730. The molecule has 1 aliphatic carbocycles. The van der Waals surface area contributed by atoms with Gasteiger partial charge >= 0.3 is 0 Å². The average molecular weight is 327 g/mol. The van der Waals surface area contributed by atoms with Crippen molar-refractivity contribution in [2.24, 2.45) is 5.92 Å². The molecule has 0 aromatic heterocycles. The van der Waals surface area contributed by atoms with Crippen LogP contribution in [0.5, 0.6) is 0 Å². The molecule has 1 nitrogen and oxygen atoms in total. The van der Waals surface area contributed by atoms with E-state index in [9.17, 15) is 0 Å². The lowest BCUT2D eigenvalue weighted by Crippen LogP contribution is -2.12. The first kappa shape index (κ1) is 19.0. The Bertz CT molecular complexity index is 489. The summed E-state index contributed by atoms with van der Waals surface area (Å²) in [5, 5.41) is 0. The van der Waals surface area contributed by atoms with Crippen molar-refractivity contribution < 1.29 is 4.74 Å². The van der Waals surface area contributed by atoms with Gasteiger partial charge in [0, 0.05) is 0 Å². The maximum atomic E-state index is 5.71. The number of rotatable bonds is 9. The normalized spacial score (nSPS) is 21.8. The fourth-order valence-electron chi connectivity index (χ4n) is 3.58. The van der Waals surface area contributed by atoms with E-state index in [4.69, 9.17) is 4.74 Å². The highest BCUT2D eigenvalue weighted by Gasteiger charge is 2.21. The maximum absolute atomic E-state index is 5.71. The zero-order chi connectivity index (χ0) is 17.0. The molecule has 24 heavy (non-hydrogen) atoms. The van der Waals surface area contributed by atoms with Gasteiger partial charge in [-0.1, -0.05) is 55.5 Å². The van der Waals surface area contributed by atoms with Crippen LogP contribution in [-0.2, 0) is 11.3 Å². The molecule has 1 aliphatic rings. The molecule has 0 atom stereocenters. The van der Waals surface area contributed by atoms with Crippen molar-refractivity contribution in [2.75, 3.05) is 6.61 Å². The largest absolute Gasteiger partial charge is 0.376 e. The van der Waals surface area contributed by atoms with Crippen LogP contribution in [0.3, 0.4) is 0 Å². The Morgan fingerprint density at radius 3 is 2.42 bits per heavy atom. The SMILES string of the molecule is CC=CCCOCc1ccc(C2CCC(CC=CCC)CC2)cc1. The second-order valence-corrected chi connectivity index (χ2v) is 6.98. The molecule has 0 N–H and O–H groups in total. The molecule has 132 valence electrons. The van der Waals surface area contributed by atoms with E-state index in [1.807, 2.05) is 6.92 Å². The summed E-state index contributed by atoms with van der Waals surface area (Å²) < 4.78 is 5.71. The molecule has 1 fully saturated rings. The zero-order valence-corrected chi connectivity index (χ0v) is 15.5. The Hall–Kier alpha value is -1.34. The number of benzene rings is 1. The van der Waals surface area contributed by atoms with Gasteiger partial charge in [0.2, 0.25) is 0 Å². The van der Waals surface area contributed by atoms with E-state index in [0.29, 0.717) is 0 Å². The van der Waals surface area contributed by atoms with Gasteiger partial charge in [0.1, 0.15) is 0 Å². The Kier molecular flexibility index (Phi) is 8.91. The molecule has 0 saturated heterocycles. The third-order valence-corrected chi connectivity index (χ3v) is 5.10. The summed E-state index contributed by atoms with van der Waals surface area (Å²) in [4.78, 5) is 0. The molecular weight excluding hydrogens is 292 g/mol. The first-order valence-electron chi connectivity index (χ1n) is 9.76. The molecule has 1 heteroatoms. The van der Waals surface area contributed by atoms with E-state index in [0.717, 1.165) is 31.5 Å². The van der Waals surface area contributed by atoms with Crippen LogP contribution in [0.15, 0.2) is 48.6 Å². The lowest BCUT2D eigenvalue weighted by molar-refractivity contribution is 0.125. The van der Waals surface area contributed by atoms with Gasteiger partial charge in [0.05, 0.1) is 13.2 Å². The fraction of sp³-hybridized carbons (Fsp3) is 0.565. The Balaban J connectivity index is 1.72. The Morgan fingerprint density at radius 2 is 1.75 bits per heavy atom. The highest BCUT2D eigenvalue weighted by Crippen LogP contribution is 2.37. The Morgan fingerprint density at radius 1 is 1.00 bits per heavy atom. The van der Waals surface area contributed by atoms with Crippen LogP contribution in [-0.4, -0.2) is 6.61 Å². The van der Waals surface area contributed by atoms with Crippen LogP contribution in [0, 0.1) is 5.92 Å². The smallest absolute Gasteiger partial charge is 0.0717 e. The van der Waals surface area contributed by atoms with E-state index in [1.54, 1.807) is 0 Å². The van der Waals surface area contributed by atoms with Crippen molar-refractivity contribution >= 4 is 0 Å². The number of allylic oxidation sites excluding steroid dienone is 3. The fourth-order valence-corrected chi connectivity index (χ4v) is 3.58. The molecule has 0 amide bonds. The molecule has 0 heterocycles. The van der Waals surface area contributed by atoms with Crippen molar-refractivity contribution in [1.82, 2.24) is 0 Å². The van der Waals surface area contributed by atoms with Crippen LogP contribution >= 0.6 is 0 Å². The number of hydrogen-bond acceptors (Lipinski definition) is 1. The zero-order valence-electron chi connectivity index (χ0n) is 15.5. The summed E-state index contributed by atoms with van der Waals surface area (Å²) in [6, 6.07) is 9.15. The molecule has 2 rings (SSSR count). The first-order chi connectivity index (χ1) is 11.8. The summed E-state index contributed by atoms with van der Waals surface area (Å²) in [5.74, 6) is 1.68. The van der Waals surface area contributed by atoms with Gasteiger partial charge in [-0.3, -0.25) is 0 Å². The van der Waals surface area contributed by atoms with E-state index < -0.39 is 0 Å². The van der Waals surface area contributed by atoms with Crippen molar-refractivity contribution in [3.8, 4) is 0 Å². The van der Waals surface area contributed by atoms with E-state index in [1.165, 1.54) is 49.7 Å². The van der Waals surface area contributed by atoms with Gasteiger partial charge in [-0.25, -0.2) is 0 Å². The number of hydrogen-bond donors (Lipinski definition) is 0. The molecule has 1 aromatic carbocycles. The summed E-state index contributed by atoms with van der Waals surface area (Å²) in [6.07, 6.45) is 17.8. The van der Waals surface area contributed by atoms with E-state index >= 15 is 0 Å². The monoisotopic (exact) mass is 326 g/mol. The van der Waals surface area contributed by atoms with E-state index in [2.05, 4.69) is 55.5 Å². The highest BCUT2D eigenvalue weighted by molar-refractivity contribution is 5.25. The molecule has 1 saturated carbocycles. The van der Waals surface area contributed by atoms with Gasteiger partial charge in [0.25, 0.3) is 0 Å². The van der Waals surface area contributed by atoms with Crippen molar-refractivity contribution in [1.29, 1.82) is 0 Å². The molecule has 0 unspecified atom stereocenters. The summed E-state index contributed by atoms with van der Waals surface area (Å²) in [7, 11) is 0. The minimum Gasteiger partial charge on any atom is -0.376 e. The van der Waals surface area contributed by atoms with Crippen LogP contribution in [0.1, 0.15) is 75.8 Å². The molecule has 1 aromatic rings. The molecule has 0 bridgehead atoms. The standard InChI is InChI=1S/C23H34O/c1-3-5-7-9-20-10-14-22(15-11-20)23-16-12-21(13-17-23)19-24-18-8-6-4-2/h4-7,12-13,16-17,20,22H,3,8-11,14-15,18-19H2,1-2H3. The lowest BCUT2D eigenvalue weighted by atomic mass is 9.77. The lowest BCUT2D eigenvalue weighted by Gasteiger charge is -2.28. The minimum absolute atomic E-state index is 0.730. The molecule has 0 aliphatic heterocycles. The molecular formula is C23H34O. The van der Waals surface area contributed by atoms with Crippen LogP contribution in [0.25, 0.3) is 0 Å². The molecule has 0 spiro atoms. The summed E-state index contributed by atoms with van der Waals surface area (Å²) >= 11 is 0. The predicted molar refractivity (Wildman–Crippen MR) is 104 cm³/mol. The van der Waals surface area contributed by atoms with Crippen molar-refractivity contribution in [3.05, 3.63) is 59.7 Å². The van der Waals surface area contributed by atoms with Crippen molar-refractivity contribution in [2.45, 2.75) is 71.3 Å². The predicted octanol–water partition coefficient (Wildman–Crippen LogP) is 6.80. The second-order valence-electron chi connectivity index (χ2n) is 6.98.